The molecule has 66 valence electrons. The van der Waals surface area contributed by atoms with Crippen molar-refractivity contribution >= 4 is 16.7 Å². The topological polar surface area (TPSA) is 37.8 Å². The van der Waals surface area contributed by atoms with Crippen LogP contribution in [-0.2, 0) is 0 Å². The van der Waals surface area contributed by atoms with Crippen molar-refractivity contribution in [3.63, 3.8) is 0 Å². The standard InChI is InChI=1S/C8H13N3S/c1-2-4-7(3-1)5-9-8-10-6-11-12-8/h6-7H,1-5H2,(H,9,10,11). The molecule has 1 N–H and O–H groups in total. The molecule has 2 rings (SSSR count). The highest BCUT2D eigenvalue weighted by Gasteiger charge is 2.14. The van der Waals surface area contributed by atoms with E-state index in [1.54, 1.807) is 6.33 Å². The maximum atomic E-state index is 4.07. The molecule has 0 aromatic carbocycles. The molecule has 12 heavy (non-hydrogen) atoms. The molecule has 1 aromatic rings. The molecule has 1 aliphatic rings. The van der Waals surface area contributed by atoms with Gasteiger partial charge in [0.25, 0.3) is 0 Å². The normalized spacial score (nSPS) is 18.3. The maximum Gasteiger partial charge on any atom is 0.202 e. The number of rotatable bonds is 3. The van der Waals surface area contributed by atoms with Crippen LogP contribution in [0.3, 0.4) is 0 Å². The number of aromatic nitrogens is 2. The summed E-state index contributed by atoms with van der Waals surface area (Å²) in [5.41, 5.74) is 0. The van der Waals surface area contributed by atoms with E-state index in [0.29, 0.717) is 0 Å². The smallest absolute Gasteiger partial charge is 0.202 e. The molecule has 4 heteroatoms. The van der Waals surface area contributed by atoms with Gasteiger partial charge in [0.1, 0.15) is 6.33 Å². The van der Waals surface area contributed by atoms with Crippen LogP contribution in [0.1, 0.15) is 25.7 Å². The average molecular weight is 183 g/mol. The Balaban J connectivity index is 1.74. The number of hydrogen-bond acceptors (Lipinski definition) is 4. The van der Waals surface area contributed by atoms with Crippen LogP contribution >= 0.6 is 11.5 Å². The molecule has 0 aliphatic heterocycles. The van der Waals surface area contributed by atoms with E-state index in [4.69, 9.17) is 0 Å². The van der Waals surface area contributed by atoms with Crippen molar-refractivity contribution in [2.24, 2.45) is 5.92 Å². The van der Waals surface area contributed by atoms with E-state index in [-0.39, 0.29) is 0 Å². The molecular formula is C8H13N3S. The predicted molar refractivity (Wildman–Crippen MR) is 50.4 cm³/mol. The minimum atomic E-state index is 0.869. The minimum Gasteiger partial charge on any atom is -0.360 e. The van der Waals surface area contributed by atoms with E-state index >= 15 is 0 Å². The first-order valence-electron chi connectivity index (χ1n) is 4.46. The monoisotopic (exact) mass is 183 g/mol. The zero-order valence-electron chi connectivity index (χ0n) is 6.99. The van der Waals surface area contributed by atoms with Crippen LogP contribution in [0.15, 0.2) is 6.33 Å². The van der Waals surface area contributed by atoms with Gasteiger partial charge < -0.3 is 5.32 Å². The van der Waals surface area contributed by atoms with Gasteiger partial charge in [0.15, 0.2) is 0 Å². The molecule has 0 amide bonds. The highest BCUT2D eigenvalue weighted by molar-refractivity contribution is 7.09. The summed E-state index contributed by atoms with van der Waals surface area (Å²) in [6.07, 6.45) is 7.17. The van der Waals surface area contributed by atoms with Crippen molar-refractivity contribution in [1.29, 1.82) is 0 Å². The van der Waals surface area contributed by atoms with E-state index in [2.05, 4.69) is 14.7 Å². The first kappa shape index (κ1) is 7.98. The summed E-state index contributed by atoms with van der Waals surface area (Å²) < 4.78 is 3.94. The van der Waals surface area contributed by atoms with Crippen molar-refractivity contribution in [3.8, 4) is 0 Å². The van der Waals surface area contributed by atoms with Crippen LogP contribution in [-0.4, -0.2) is 15.9 Å². The molecule has 1 aliphatic carbocycles. The lowest BCUT2D eigenvalue weighted by molar-refractivity contribution is 0.579. The average Bonchev–Trinajstić information content (AvgIpc) is 2.74. The van der Waals surface area contributed by atoms with Gasteiger partial charge in [-0.2, -0.15) is 4.37 Å². The van der Waals surface area contributed by atoms with Crippen LogP contribution in [0.25, 0.3) is 0 Å². The number of anilines is 1. The maximum absolute atomic E-state index is 4.07. The summed E-state index contributed by atoms with van der Waals surface area (Å²) in [6.45, 7) is 1.08. The first-order valence-corrected chi connectivity index (χ1v) is 5.23. The van der Waals surface area contributed by atoms with E-state index < -0.39 is 0 Å². The summed E-state index contributed by atoms with van der Waals surface area (Å²) >= 11 is 1.43. The van der Waals surface area contributed by atoms with E-state index in [9.17, 15) is 0 Å². The first-order chi connectivity index (χ1) is 5.95. The van der Waals surface area contributed by atoms with Gasteiger partial charge in [0.05, 0.1) is 0 Å². The molecule has 0 bridgehead atoms. The van der Waals surface area contributed by atoms with E-state index in [1.165, 1.54) is 37.2 Å². The Labute approximate surface area is 76.4 Å². The molecule has 0 atom stereocenters. The highest BCUT2D eigenvalue weighted by Crippen LogP contribution is 2.24. The third-order valence-electron chi connectivity index (χ3n) is 2.38. The fourth-order valence-electron chi connectivity index (χ4n) is 1.70. The highest BCUT2D eigenvalue weighted by atomic mass is 32.1. The van der Waals surface area contributed by atoms with Crippen LogP contribution in [0.5, 0.6) is 0 Å². The summed E-state index contributed by atoms with van der Waals surface area (Å²) in [5.74, 6) is 0.869. The van der Waals surface area contributed by atoms with Crippen LogP contribution in [0.4, 0.5) is 5.13 Å². The predicted octanol–water partition coefficient (Wildman–Crippen LogP) is 2.14. The van der Waals surface area contributed by atoms with Crippen LogP contribution in [0, 0.1) is 5.92 Å². The second kappa shape index (κ2) is 3.85. The molecular weight excluding hydrogens is 170 g/mol. The van der Waals surface area contributed by atoms with Crippen molar-refractivity contribution in [2.45, 2.75) is 25.7 Å². The Morgan fingerprint density at radius 3 is 3.00 bits per heavy atom. The second-order valence-electron chi connectivity index (χ2n) is 3.28. The molecule has 1 aromatic heterocycles. The molecule has 3 nitrogen and oxygen atoms in total. The number of nitrogens with one attached hydrogen (secondary N) is 1. The van der Waals surface area contributed by atoms with Gasteiger partial charge in [-0.15, -0.1) is 0 Å². The minimum absolute atomic E-state index is 0.869. The van der Waals surface area contributed by atoms with Gasteiger partial charge in [0, 0.05) is 18.1 Å². The fraction of sp³-hybridized carbons (Fsp3) is 0.750. The largest absolute Gasteiger partial charge is 0.360 e. The molecule has 1 fully saturated rings. The van der Waals surface area contributed by atoms with Crippen molar-refractivity contribution in [3.05, 3.63) is 6.33 Å². The summed E-state index contributed by atoms with van der Waals surface area (Å²) in [4.78, 5) is 4.07. The molecule has 0 unspecified atom stereocenters. The number of hydrogen-bond donors (Lipinski definition) is 1. The molecule has 0 spiro atoms. The summed E-state index contributed by atoms with van der Waals surface area (Å²) in [7, 11) is 0. The molecule has 1 heterocycles. The lowest BCUT2D eigenvalue weighted by Crippen LogP contribution is -2.10. The Hall–Kier alpha value is -0.640. The van der Waals surface area contributed by atoms with Crippen molar-refractivity contribution in [1.82, 2.24) is 9.36 Å². The van der Waals surface area contributed by atoms with Gasteiger partial charge in [-0.25, -0.2) is 4.98 Å². The third-order valence-corrected chi connectivity index (χ3v) is 3.00. The van der Waals surface area contributed by atoms with Crippen molar-refractivity contribution < 1.29 is 0 Å². The molecule has 0 radical (unpaired) electrons. The van der Waals surface area contributed by atoms with Gasteiger partial charge in [-0.1, -0.05) is 12.8 Å². The van der Waals surface area contributed by atoms with Gasteiger partial charge in [-0.3, -0.25) is 0 Å². The quantitative estimate of drug-likeness (QED) is 0.780. The fourth-order valence-corrected chi connectivity index (χ4v) is 2.13. The lowest BCUT2D eigenvalue weighted by Gasteiger charge is -2.07. The summed E-state index contributed by atoms with van der Waals surface area (Å²) in [5, 5.41) is 4.27. The van der Waals surface area contributed by atoms with Crippen LogP contribution in [0.2, 0.25) is 0 Å². The molecule has 0 saturated heterocycles. The third kappa shape index (κ3) is 1.94. The second-order valence-corrected chi connectivity index (χ2v) is 4.06. The Bertz CT molecular complexity index is 216. The zero-order chi connectivity index (χ0) is 8.23. The lowest BCUT2D eigenvalue weighted by atomic mass is 10.1. The van der Waals surface area contributed by atoms with E-state index in [1.807, 2.05) is 0 Å². The zero-order valence-corrected chi connectivity index (χ0v) is 7.81. The van der Waals surface area contributed by atoms with Crippen molar-refractivity contribution in [2.75, 3.05) is 11.9 Å². The Kier molecular flexibility index (Phi) is 2.56. The van der Waals surface area contributed by atoms with Crippen LogP contribution < -0.4 is 5.32 Å². The molecule has 1 saturated carbocycles. The van der Waals surface area contributed by atoms with Gasteiger partial charge in [-0.05, 0) is 18.8 Å². The Morgan fingerprint density at radius 1 is 1.50 bits per heavy atom. The Morgan fingerprint density at radius 2 is 2.33 bits per heavy atom. The van der Waals surface area contributed by atoms with Gasteiger partial charge >= 0.3 is 0 Å². The number of nitrogens with zero attached hydrogens (tertiary/aromatic N) is 2. The van der Waals surface area contributed by atoms with Gasteiger partial charge in [0.2, 0.25) is 5.13 Å². The summed E-state index contributed by atoms with van der Waals surface area (Å²) in [6, 6.07) is 0. The SMILES string of the molecule is c1nsc(NCC2CCCC2)n1. The van der Waals surface area contributed by atoms with E-state index in [0.717, 1.165) is 17.6 Å².